The third kappa shape index (κ3) is 4.18. The van der Waals surface area contributed by atoms with Crippen molar-refractivity contribution in [3.8, 4) is 0 Å². The van der Waals surface area contributed by atoms with E-state index in [1.165, 1.54) is 0 Å². The second kappa shape index (κ2) is 7.68. The molecule has 1 N–H and O–H groups in total. The van der Waals surface area contributed by atoms with Crippen LogP contribution in [0.2, 0.25) is 5.02 Å². The molecule has 2 aromatic carbocycles. The Morgan fingerprint density at radius 3 is 2.52 bits per heavy atom. The number of amides is 2. The van der Waals surface area contributed by atoms with Crippen LogP contribution in [-0.2, 0) is 9.59 Å². The molecule has 1 atom stereocenters. The Morgan fingerprint density at radius 2 is 1.88 bits per heavy atom. The lowest BCUT2D eigenvalue weighted by molar-refractivity contribution is -0.138. The highest BCUT2D eigenvalue weighted by atomic mass is 35.5. The number of hydrogen-bond donors (Lipinski definition) is 1. The van der Waals surface area contributed by atoms with E-state index in [1.807, 2.05) is 54.6 Å². The third-order valence-electron chi connectivity index (χ3n) is 4.38. The summed E-state index contributed by atoms with van der Waals surface area (Å²) in [5, 5.41) is 3.98. The van der Waals surface area contributed by atoms with Gasteiger partial charge >= 0.3 is 0 Å². The van der Waals surface area contributed by atoms with Crippen molar-refractivity contribution < 1.29 is 9.59 Å². The van der Waals surface area contributed by atoms with Crippen molar-refractivity contribution in [1.82, 2.24) is 10.2 Å². The first-order valence-corrected chi connectivity index (χ1v) is 8.50. The molecule has 130 valence electrons. The van der Waals surface area contributed by atoms with E-state index in [2.05, 4.69) is 5.32 Å². The Kier molecular flexibility index (Phi) is 5.36. The van der Waals surface area contributed by atoms with E-state index >= 15 is 0 Å². The van der Waals surface area contributed by atoms with Crippen LogP contribution in [0.25, 0.3) is 0 Å². The zero-order chi connectivity index (χ0) is 17.8. The van der Waals surface area contributed by atoms with Crippen LogP contribution in [0.3, 0.4) is 0 Å². The lowest BCUT2D eigenvalue weighted by Gasteiger charge is -2.33. The van der Waals surface area contributed by atoms with Crippen molar-refractivity contribution in [2.45, 2.75) is 12.5 Å². The lowest BCUT2D eigenvalue weighted by Crippen LogP contribution is -2.50. The van der Waals surface area contributed by atoms with Gasteiger partial charge in [0.15, 0.2) is 0 Å². The fourth-order valence-corrected chi connectivity index (χ4v) is 2.95. The smallest absolute Gasteiger partial charge is 0.246 e. The molecule has 2 amide bonds. The predicted molar refractivity (Wildman–Crippen MR) is 98.4 cm³/mol. The minimum absolute atomic E-state index is 0.0338. The van der Waals surface area contributed by atoms with Crippen molar-refractivity contribution in [1.29, 1.82) is 0 Å². The fraction of sp³-hybridized carbons (Fsp3) is 0.263. The molecule has 25 heavy (non-hydrogen) atoms. The number of para-hydroxylation sites is 1. The topological polar surface area (TPSA) is 52.7 Å². The van der Waals surface area contributed by atoms with Gasteiger partial charge in [0.2, 0.25) is 11.8 Å². The number of likely N-dealkylation sites (N-methyl/N-ethyl adjacent to an activating group) is 1. The van der Waals surface area contributed by atoms with Crippen LogP contribution < -0.4 is 10.2 Å². The van der Waals surface area contributed by atoms with E-state index in [-0.39, 0.29) is 24.4 Å². The van der Waals surface area contributed by atoms with Crippen molar-refractivity contribution in [2.75, 3.05) is 25.2 Å². The van der Waals surface area contributed by atoms with Gasteiger partial charge in [-0.1, -0.05) is 41.9 Å². The summed E-state index contributed by atoms with van der Waals surface area (Å²) in [6.45, 7) is 0.408. The van der Waals surface area contributed by atoms with Gasteiger partial charge in [-0.3, -0.25) is 14.9 Å². The lowest BCUT2D eigenvalue weighted by atomic mass is 10.0. The van der Waals surface area contributed by atoms with Crippen LogP contribution in [0.15, 0.2) is 54.6 Å². The number of nitrogens with one attached hydrogen (secondary N) is 1. The predicted octanol–water partition coefficient (Wildman–Crippen LogP) is 2.82. The van der Waals surface area contributed by atoms with Crippen LogP contribution >= 0.6 is 11.6 Å². The molecule has 3 rings (SSSR count). The third-order valence-corrected chi connectivity index (χ3v) is 4.63. The molecule has 1 saturated heterocycles. The van der Waals surface area contributed by atoms with E-state index < -0.39 is 0 Å². The fourth-order valence-electron chi connectivity index (χ4n) is 2.82. The number of carbonyl (C=O) groups excluding carboxylic acids is 2. The molecule has 0 radical (unpaired) electrons. The van der Waals surface area contributed by atoms with Gasteiger partial charge in [-0.05, 0) is 29.8 Å². The SMILES string of the molecule is CN(C(=O)CN1CNC(c2ccc(Cl)cc2)CC1=O)c1ccccc1. The summed E-state index contributed by atoms with van der Waals surface area (Å²) < 4.78 is 0. The van der Waals surface area contributed by atoms with Gasteiger partial charge in [0, 0.05) is 30.2 Å². The number of nitrogens with zero attached hydrogens (tertiary/aromatic N) is 2. The van der Waals surface area contributed by atoms with Gasteiger partial charge in [-0.15, -0.1) is 0 Å². The van der Waals surface area contributed by atoms with E-state index in [0.29, 0.717) is 18.1 Å². The maximum atomic E-state index is 12.4. The monoisotopic (exact) mass is 357 g/mol. The first-order chi connectivity index (χ1) is 12.0. The summed E-state index contributed by atoms with van der Waals surface area (Å²) in [6, 6.07) is 16.8. The molecule has 1 aliphatic rings. The minimum Gasteiger partial charge on any atom is -0.321 e. The van der Waals surface area contributed by atoms with Gasteiger partial charge in [0.05, 0.1) is 6.67 Å². The number of halogens is 1. The van der Waals surface area contributed by atoms with Gasteiger partial charge in [-0.2, -0.15) is 0 Å². The molecule has 1 fully saturated rings. The number of hydrogen-bond acceptors (Lipinski definition) is 3. The quantitative estimate of drug-likeness (QED) is 0.915. The zero-order valence-corrected chi connectivity index (χ0v) is 14.7. The average Bonchev–Trinajstić information content (AvgIpc) is 2.64. The van der Waals surface area contributed by atoms with Crippen molar-refractivity contribution in [3.05, 3.63) is 65.2 Å². The molecule has 1 unspecified atom stereocenters. The summed E-state index contributed by atoms with van der Waals surface area (Å²) >= 11 is 5.90. The van der Waals surface area contributed by atoms with E-state index in [1.54, 1.807) is 16.8 Å². The van der Waals surface area contributed by atoms with Crippen LogP contribution in [0, 0.1) is 0 Å². The average molecular weight is 358 g/mol. The van der Waals surface area contributed by atoms with Crippen LogP contribution in [-0.4, -0.2) is 37.0 Å². The molecule has 1 heterocycles. The molecular formula is C19H20ClN3O2. The molecule has 0 bridgehead atoms. The molecular weight excluding hydrogens is 338 g/mol. The highest BCUT2D eigenvalue weighted by Gasteiger charge is 2.28. The molecule has 1 aliphatic heterocycles. The van der Waals surface area contributed by atoms with Gasteiger partial charge in [0.1, 0.15) is 6.54 Å². The van der Waals surface area contributed by atoms with Gasteiger partial charge in [0.25, 0.3) is 0 Å². The summed E-state index contributed by atoms with van der Waals surface area (Å²) in [7, 11) is 1.72. The summed E-state index contributed by atoms with van der Waals surface area (Å²) in [6.07, 6.45) is 0.323. The summed E-state index contributed by atoms with van der Waals surface area (Å²) in [5.41, 5.74) is 1.83. The van der Waals surface area contributed by atoms with Crippen molar-refractivity contribution in [3.63, 3.8) is 0 Å². The Hall–Kier alpha value is -2.37. The van der Waals surface area contributed by atoms with Gasteiger partial charge in [-0.25, -0.2) is 0 Å². The maximum Gasteiger partial charge on any atom is 0.246 e. The van der Waals surface area contributed by atoms with Crippen LogP contribution in [0.4, 0.5) is 5.69 Å². The van der Waals surface area contributed by atoms with Crippen molar-refractivity contribution >= 4 is 29.1 Å². The standard InChI is InChI=1S/C19H20ClN3O2/c1-22(16-5-3-2-4-6-16)19(25)12-23-13-21-17(11-18(23)24)14-7-9-15(20)10-8-14/h2-10,17,21H,11-13H2,1H3. The Labute approximate surface area is 152 Å². The largest absolute Gasteiger partial charge is 0.321 e. The highest BCUT2D eigenvalue weighted by Crippen LogP contribution is 2.23. The molecule has 5 nitrogen and oxygen atoms in total. The second-order valence-corrected chi connectivity index (χ2v) is 6.49. The Morgan fingerprint density at radius 1 is 1.20 bits per heavy atom. The Bertz CT molecular complexity index is 749. The van der Waals surface area contributed by atoms with Gasteiger partial charge < -0.3 is 9.80 Å². The zero-order valence-electron chi connectivity index (χ0n) is 14.0. The molecule has 0 aromatic heterocycles. The van der Waals surface area contributed by atoms with E-state index in [4.69, 9.17) is 11.6 Å². The number of benzene rings is 2. The minimum atomic E-state index is -0.119. The molecule has 6 heteroatoms. The molecule has 0 spiro atoms. The first kappa shape index (κ1) is 17.5. The van der Waals surface area contributed by atoms with E-state index in [9.17, 15) is 9.59 Å². The normalized spacial score (nSPS) is 17.4. The van der Waals surface area contributed by atoms with Crippen LogP contribution in [0.1, 0.15) is 18.0 Å². The molecule has 0 aliphatic carbocycles. The highest BCUT2D eigenvalue weighted by molar-refractivity contribution is 6.30. The van der Waals surface area contributed by atoms with E-state index in [0.717, 1.165) is 11.3 Å². The number of rotatable bonds is 4. The van der Waals surface area contributed by atoms with Crippen molar-refractivity contribution in [2.24, 2.45) is 0 Å². The first-order valence-electron chi connectivity index (χ1n) is 8.13. The molecule has 2 aromatic rings. The number of carbonyl (C=O) groups is 2. The number of anilines is 1. The second-order valence-electron chi connectivity index (χ2n) is 6.05. The summed E-state index contributed by atoms with van der Waals surface area (Å²) in [5.74, 6) is -0.153. The Balaban J connectivity index is 1.59. The summed E-state index contributed by atoms with van der Waals surface area (Å²) in [4.78, 5) is 28.0. The van der Waals surface area contributed by atoms with Crippen LogP contribution in [0.5, 0.6) is 0 Å². The molecule has 0 saturated carbocycles. The maximum absolute atomic E-state index is 12.4.